The molecule has 0 radical (unpaired) electrons. The molecular formula is C16H20N4O3S. The number of nitrogens with one attached hydrogen (secondary N) is 3. The number of aromatic nitrogens is 1. The van der Waals surface area contributed by atoms with Crippen molar-refractivity contribution in [3.05, 3.63) is 18.3 Å². The molecule has 0 atom stereocenters. The van der Waals surface area contributed by atoms with Crippen molar-refractivity contribution in [2.45, 2.75) is 43.2 Å². The molecule has 7 nitrogen and oxygen atoms in total. The molecule has 8 heteroatoms. The van der Waals surface area contributed by atoms with Gasteiger partial charge < -0.3 is 10.6 Å². The van der Waals surface area contributed by atoms with Gasteiger partial charge in [0.15, 0.2) is 0 Å². The number of hydrogen-bond acceptors (Lipinski definition) is 5. The third-order valence-electron chi connectivity index (χ3n) is 4.52. The lowest BCUT2D eigenvalue weighted by atomic mass is 9.76. The van der Waals surface area contributed by atoms with Crippen molar-refractivity contribution < 1.29 is 14.4 Å². The summed E-state index contributed by atoms with van der Waals surface area (Å²) in [6.45, 7) is 2.06. The SMILES string of the molecule is CCSc1ccc(NC(=O)C2CCC3(CC2)NC(=O)NC3=O)cn1. The molecule has 1 aromatic heterocycles. The number of imide groups is 1. The van der Waals surface area contributed by atoms with Crippen molar-refractivity contribution in [3.63, 3.8) is 0 Å². The van der Waals surface area contributed by atoms with E-state index in [-0.39, 0.29) is 17.7 Å². The highest BCUT2D eigenvalue weighted by atomic mass is 32.2. The van der Waals surface area contributed by atoms with E-state index in [1.54, 1.807) is 18.0 Å². The molecule has 3 N–H and O–H groups in total. The fourth-order valence-corrected chi connectivity index (χ4v) is 3.77. The van der Waals surface area contributed by atoms with Crippen molar-refractivity contribution in [3.8, 4) is 0 Å². The summed E-state index contributed by atoms with van der Waals surface area (Å²) < 4.78 is 0. The molecule has 1 saturated carbocycles. The monoisotopic (exact) mass is 348 g/mol. The van der Waals surface area contributed by atoms with Crippen molar-refractivity contribution in [2.24, 2.45) is 5.92 Å². The van der Waals surface area contributed by atoms with E-state index >= 15 is 0 Å². The average Bonchev–Trinajstić information content (AvgIpc) is 2.83. The van der Waals surface area contributed by atoms with E-state index in [9.17, 15) is 14.4 Å². The minimum Gasteiger partial charge on any atom is -0.324 e. The van der Waals surface area contributed by atoms with E-state index in [1.165, 1.54) is 0 Å². The molecule has 2 heterocycles. The number of amides is 4. The zero-order valence-corrected chi connectivity index (χ0v) is 14.2. The van der Waals surface area contributed by atoms with Crippen LogP contribution in [0.15, 0.2) is 23.4 Å². The Kier molecular flexibility index (Phi) is 4.75. The molecule has 2 aliphatic rings. The maximum Gasteiger partial charge on any atom is 0.322 e. The van der Waals surface area contributed by atoms with Crippen molar-refractivity contribution in [1.82, 2.24) is 15.6 Å². The smallest absolute Gasteiger partial charge is 0.322 e. The number of anilines is 1. The number of carbonyl (C=O) groups excluding carboxylic acids is 3. The normalized spacial score (nSPS) is 26.1. The van der Waals surface area contributed by atoms with Gasteiger partial charge in [0, 0.05) is 5.92 Å². The average molecular weight is 348 g/mol. The summed E-state index contributed by atoms with van der Waals surface area (Å²) in [5.74, 6) is 0.449. The van der Waals surface area contributed by atoms with Gasteiger partial charge in [-0.2, -0.15) is 0 Å². The number of carbonyl (C=O) groups is 3. The minimum absolute atomic E-state index is 0.0627. The summed E-state index contributed by atoms with van der Waals surface area (Å²) in [5.41, 5.74) is -0.151. The number of urea groups is 1. The molecule has 0 aromatic carbocycles. The summed E-state index contributed by atoms with van der Waals surface area (Å²) >= 11 is 1.65. The van der Waals surface area contributed by atoms with Crippen LogP contribution in [0.5, 0.6) is 0 Å². The molecule has 0 unspecified atom stereocenters. The Bertz CT molecular complexity index is 654. The lowest BCUT2D eigenvalue weighted by Gasteiger charge is -2.33. The van der Waals surface area contributed by atoms with E-state index in [4.69, 9.17) is 0 Å². The maximum atomic E-state index is 12.4. The van der Waals surface area contributed by atoms with E-state index in [0.29, 0.717) is 31.4 Å². The Hall–Kier alpha value is -2.09. The summed E-state index contributed by atoms with van der Waals surface area (Å²) in [7, 11) is 0. The minimum atomic E-state index is -0.825. The van der Waals surface area contributed by atoms with Crippen LogP contribution >= 0.6 is 11.8 Å². The molecule has 1 aliphatic carbocycles. The van der Waals surface area contributed by atoms with Gasteiger partial charge >= 0.3 is 6.03 Å². The molecule has 1 spiro atoms. The Balaban J connectivity index is 1.55. The molecular weight excluding hydrogens is 328 g/mol. The number of hydrogen-bond donors (Lipinski definition) is 3. The van der Waals surface area contributed by atoms with E-state index in [1.807, 2.05) is 12.1 Å². The maximum absolute atomic E-state index is 12.4. The van der Waals surface area contributed by atoms with Crippen LogP contribution in [0.4, 0.5) is 10.5 Å². The fraction of sp³-hybridized carbons (Fsp3) is 0.500. The third kappa shape index (κ3) is 3.38. The molecule has 128 valence electrons. The van der Waals surface area contributed by atoms with E-state index in [2.05, 4.69) is 27.9 Å². The fourth-order valence-electron chi connectivity index (χ4n) is 3.18. The van der Waals surface area contributed by atoms with Crippen LogP contribution < -0.4 is 16.0 Å². The summed E-state index contributed by atoms with van der Waals surface area (Å²) in [4.78, 5) is 39.9. The predicted molar refractivity (Wildman–Crippen MR) is 90.6 cm³/mol. The molecule has 2 fully saturated rings. The Morgan fingerprint density at radius 3 is 2.67 bits per heavy atom. The van der Waals surface area contributed by atoms with Crippen LogP contribution in [-0.2, 0) is 9.59 Å². The number of nitrogens with zero attached hydrogens (tertiary/aromatic N) is 1. The van der Waals surface area contributed by atoms with Crippen molar-refractivity contribution >= 4 is 35.3 Å². The largest absolute Gasteiger partial charge is 0.324 e. The van der Waals surface area contributed by atoms with Crippen LogP contribution in [0.2, 0.25) is 0 Å². The molecule has 3 rings (SSSR count). The van der Waals surface area contributed by atoms with Crippen LogP contribution in [0, 0.1) is 5.92 Å². The number of thioether (sulfide) groups is 1. The molecule has 1 saturated heterocycles. The predicted octanol–water partition coefficient (Wildman–Crippen LogP) is 1.90. The molecule has 24 heavy (non-hydrogen) atoms. The van der Waals surface area contributed by atoms with Gasteiger partial charge in [0.2, 0.25) is 5.91 Å². The first-order valence-electron chi connectivity index (χ1n) is 8.06. The van der Waals surface area contributed by atoms with E-state index < -0.39 is 11.6 Å². The zero-order valence-electron chi connectivity index (χ0n) is 13.4. The first-order valence-corrected chi connectivity index (χ1v) is 9.04. The van der Waals surface area contributed by atoms with E-state index in [0.717, 1.165) is 10.8 Å². The second kappa shape index (κ2) is 6.80. The van der Waals surface area contributed by atoms with Gasteiger partial charge in [0.1, 0.15) is 5.54 Å². The third-order valence-corrected chi connectivity index (χ3v) is 5.35. The molecule has 1 aromatic rings. The van der Waals surface area contributed by atoms with Crippen molar-refractivity contribution in [2.75, 3.05) is 11.1 Å². The number of rotatable bonds is 4. The summed E-state index contributed by atoms with van der Waals surface area (Å²) in [5, 5.41) is 8.79. The lowest BCUT2D eigenvalue weighted by Crippen LogP contribution is -2.50. The van der Waals surface area contributed by atoms with Crippen LogP contribution in [0.3, 0.4) is 0 Å². The summed E-state index contributed by atoms with van der Waals surface area (Å²) in [6.07, 6.45) is 3.75. The highest BCUT2D eigenvalue weighted by Crippen LogP contribution is 2.34. The highest BCUT2D eigenvalue weighted by molar-refractivity contribution is 7.99. The second-order valence-electron chi connectivity index (χ2n) is 6.07. The summed E-state index contributed by atoms with van der Waals surface area (Å²) in [6, 6.07) is 3.29. The quantitative estimate of drug-likeness (QED) is 0.570. The first-order chi connectivity index (χ1) is 11.5. The first kappa shape index (κ1) is 16.8. The molecule has 1 aliphatic heterocycles. The lowest BCUT2D eigenvalue weighted by molar-refractivity contribution is -0.128. The van der Waals surface area contributed by atoms with Gasteiger partial charge in [-0.1, -0.05) is 6.92 Å². The van der Waals surface area contributed by atoms with Gasteiger partial charge in [0.25, 0.3) is 5.91 Å². The van der Waals surface area contributed by atoms with Gasteiger partial charge in [-0.25, -0.2) is 9.78 Å². The molecule has 0 bridgehead atoms. The highest BCUT2D eigenvalue weighted by Gasteiger charge is 2.48. The Morgan fingerprint density at radius 2 is 2.12 bits per heavy atom. The van der Waals surface area contributed by atoms with Gasteiger partial charge in [-0.15, -0.1) is 11.8 Å². The van der Waals surface area contributed by atoms with Crippen LogP contribution in [0.1, 0.15) is 32.6 Å². The van der Waals surface area contributed by atoms with Gasteiger partial charge in [0.05, 0.1) is 16.9 Å². The molecule has 4 amide bonds. The number of pyridine rings is 1. The second-order valence-corrected chi connectivity index (χ2v) is 7.36. The van der Waals surface area contributed by atoms with Gasteiger partial charge in [-0.05, 0) is 43.6 Å². The Morgan fingerprint density at radius 1 is 1.38 bits per heavy atom. The van der Waals surface area contributed by atoms with Crippen LogP contribution in [-0.4, -0.2) is 34.1 Å². The standard InChI is InChI=1S/C16H20N4O3S/c1-2-24-12-4-3-11(9-17-12)18-13(21)10-5-7-16(8-6-10)14(22)19-15(23)20-16/h3-4,9-10H,2,5-8H2,1H3,(H,18,21)(H2,19,20,22,23). The van der Waals surface area contributed by atoms with Gasteiger partial charge in [-0.3, -0.25) is 14.9 Å². The zero-order chi connectivity index (χ0) is 17.2. The Labute approximate surface area is 144 Å². The van der Waals surface area contributed by atoms with Crippen LogP contribution in [0.25, 0.3) is 0 Å². The van der Waals surface area contributed by atoms with Crippen molar-refractivity contribution in [1.29, 1.82) is 0 Å². The topological polar surface area (TPSA) is 100 Å².